The van der Waals surface area contributed by atoms with Crippen LogP contribution in [-0.4, -0.2) is 17.4 Å². The summed E-state index contributed by atoms with van der Waals surface area (Å²) in [4.78, 5) is 15.8. The summed E-state index contributed by atoms with van der Waals surface area (Å²) in [6, 6.07) is 1.49. The molecule has 0 saturated carbocycles. The molecule has 0 aliphatic heterocycles. The molecule has 5 heteroatoms. The zero-order valence-electron chi connectivity index (χ0n) is 10.0. The molecule has 1 aromatic heterocycles. The van der Waals surface area contributed by atoms with Gasteiger partial charge in [-0.15, -0.1) is 0 Å². The molecular formula is C13H16ClN3O. The van der Waals surface area contributed by atoms with Gasteiger partial charge in [-0.3, -0.25) is 4.79 Å². The van der Waals surface area contributed by atoms with Crippen LogP contribution in [-0.2, 0) is 0 Å². The highest BCUT2D eigenvalue weighted by molar-refractivity contribution is 6.29. The molecule has 0 spiro atoms. The van der Waals surface area contributed by atoms with E-state index >= 15 is 0 Å². The van der Waals surface area contributed by atoms with Crippen molar-refractivity contribution in [3.05, 3.63) is 35.1 Å². The first-order valence-electron chi connectivity index (χ1n) is 6.01. The molecule has 0 radical (unpaired) electrons. The summed E-state index contributed by atoms with van der Waals surface area (Å²) in [5, 5.41) is 3.17. The highest BCUT2D eigenvalue weighted by Gasteiger charge is 2.14. The Labute approximate surface area is 111 Å². The molecule has 0 fully saturated rings. The Morgan fingerprint density at radius 2 is 2.39 bits per heavy atom. The van der Waals surface area contributed by atoms with Crippen LogP contribution in [0.25, 0.3) is 0 Å². The van der Waals surface area contributed by atoms with E-state index in [2.05, 4.69) is 22.5 Å². The van der Waals surface area contributed by atoms with Gasteiger partial charge >= 0.3 is 0 Å². The Morgan fingerprint density at radius 1 is 1.56 bits per heavy atom. The van der Waals surface area contributed by atoms with Crippen molar-refractivity contribution in [1.82, 2.24) is 10.3 Å². The van der Waals surface area contributed by atoms with Crippen molar-refractivity contribution in [2.24, 2.45) is 5.92 Å². The Hall–Kier alpha value is -1.55. The van der Waals surface area contributed by atoms with Crippen LogP contribution in [0.2, 0.25) is 5.15 Å². The van der Waals surface area contributed by atoms with Crippen LogP contribution < -0.4 is 11.1 Å². The number of aromatic nitrogens is 1. The summed E-state index contributed by atoms with van der Waals surface area (Å²) in [7, 11) is 0. The van der Waals surface area contributed by atoms with Gasteiger partial charge in [-0.05, 0) is 31.2 Å². The molecule has 4 nitrogen and oxygen atoms in total. The molecule has 0 saturated heterocycles. The first-order valence-corrected chi connectivity index (χ1v) is 6.39. The standard InChI is InChI=1S/C13H16ClN3O/c14-12-6-10(11(15)8-16-12)13(18)17-7-9-4-2-1-3-5-9/h1-2,6,8-9H,3-5,7,15H2,(H,17,18). The van der Waals surface area contributed by atoms with Crippen LogP contribution in [0.1, 0.15) is 29.6 Å². The van der Waals surface area contributed by atoms with Gasteiger partial charge < -0.3 is 11.1 Å². The first-order chi connectivity index (χ1) is 8.66. The van der Waals surface area contributed by atoms with Crippen LogP contribution in [0.3, 0.4) is 0 Å². The summed E-state index contributed by atoms with van der Waals surface area (Å²) in [5.41, 5.74) is 6.44. The number of anilines is 1. The van der Waals surface area contributed by atoms with Crippen LogP contribution in [0.15, 0.2) is 24.4 Å². The lowest BCUT2D eigenvalue weighted by atomic mass is 9.94. The maximum atomic E-state index is 12.0. The quantitative estimate of drug-likeness (QED) is 0.651. The predicted octanol–water partition coefficient (Wildman–Crippen LogP) is 2.40. The third-order valence-corrected chi connectivity index (χ3v) is 3.28. The van der Waals surface area contributed by atoms with E-state index in [4.69, 9.17) is 17.3 Å². The van der Waals surface area contributed by atoms with Crippen LogP contribution >= 0.6 is 11.6 Å². The second-order valence-corrected chi connectivity index (χ2v) is 4.84. The number of nitrogen functional groups attached to an aromatic ring is 1. The number of nitrogens with two attached hydrogens (primary N) is 1. The Bertz CT molecular complexity index is 473. The molecule has 96 valence electrons. The Kier molecular flexibility index (Phi) is 4.20. The second-order valence-electron chi connectivity index (χ2n) is 4.45. The van der Waals surface area contributed by atoms with Crippen LogP contribution in [0.5, 0.6) is 0 Å². The summed E-state index contributed by atoms with van der Waals surface area (Å²) >= 11 is 5.75. The van der Waals surface area contributed by atoms with Gasteiger partial charge in [0.1, 0.15) is 5.15 Å². The SMILES string of the molecule is Nc1cnc(Cl)cc1C(=O)NCC1CC=CCC1. The Morgan fingerprint density at radius 3 is 3.11 bits per heavy atom. The molecule has 1 unspecified atom stereocenters. The van der Waals surface area contributed by atoms with Gasteiger partial charge in [-0.1, -0.05) is 23.8 Å². The van der Waals surface area contributed by atoms with Crippen LogP contribution in [0.4, 0.5) is 5.69 Å². The van der Waals surface area contributed by atoms with Crippen molar-refractivity contribution in [2.45, 2.75) is 19.3 Å². The number of nitrogens with one attached hydrogen (secondary N) is 1. The summed E-state index contributed by atoms with van der Waals surface area (Å²) in [5.74, 6) is 0.323. The third kappa shape index (κ3) is 3.23. The van der Waals surface area contributed by atoms with Crippen molar-refractivity contribution in [3.63, 3.8) is 0 Å². The first kappa shape index (κ1) is 12.9. The molecule has 2 rings (SSSR count). The zero-order chi connectivity index (χ0) is 13.0. The van der Waals surface area contributed by atoms with E-state index in [-0.39, 0.29) is 11.1 Å². The van der Waals surface area contributed by atoms with Crippen molar-refractivity contribution in [1.29, 1.82) is 0 Å². The van der Waals surface area contributed by atoms with Gasteiger partial charge in [0.15, 0.2) is 0 Å². The number of hydrogen-bond acceptors (Lipinski definition) is 3. The molecular weight excluding hydrogens is 250 g/mol. The highest BCUT2D eigenvalue weighted by Crippen LogP contribution is 2.18. The van der Waals surface area contributed by atoms with Crippen LogP contribution in [0, 0.1) is 5.92 Å². The van der Waals surface area contributed by atoms with Gasteiger partial charge in [0, 0.05) is 6.54 Å². The average molecular weight is 266 g/mol. The molecule has 3 N–H and O–H groups in total. The van der Waals surface area contributed by atoms with Crippen molar-refractivity contribution in [3.8, 4) is 0 Å². The maximum absolute atomic E-state index is 12.0. The minimum absolute atomic E-state index is 0.189. The van der Waals surface area contributed by atoms with Gasteiger partial charge in [-0.25, -0.2) is 4.98 Å². The molecule has 0 bridgehead atoms. The number of carbonyl (C=O) groups is 1. The molecule has 18 heavy (non-hydrogen) atoms. The predicted molar refractivity (Wildman–Crippen MR) is 72.5 cm³/mol. The minimum atomic E-state index is -0.189. The lowest BCUT2D eigenvalue weighted by Gasteiger charge is -2.18. The highest BCUT2D eigenvalue weighted by atomic mass is 35.5. The van der Waals surface area contributed by atoms with Crippen molar-refractivity contribution < 1.29 is 4.79 Å². The number of nitrogens with zero attached hydrogens (tertiary/aromatic N) is 1. The second kappa shape index (κ2) is 5.87. The number of halogens is 1. The van der Waals surface area contributed by atoms with E-state index in [1.807, 2.05) is 0 Å². The van der Waals surface area contributed by atoms with Gasteiger partial charge in [0.05, 0.1) is 17.4 Å². The van der Waals surface area contributed by atoms with Crippen molar-refractivity contribution >= 4 is 23.2 Å². The largest absolute Gasteiger partial charge is 0.397 e. The molecule has 1 atom stereocenters. The summed E-state index contributed by atoms with van der Waals surface area (Å²) in [6.07, 6.45) is 8.97. The number of hydrogen-bond donors (Lipinski definition) is 2. The zero-order valence-corrected chi connectivity index (χ0v) is 10.8. The number of carbonyl (C=O) groups excluding carboxylic acids is 1. The normalized spacial score (nSPS) is 18.6. The molecule has 1 aliphatic carbocycles. The fourth-order valence-corrected chi connectivity index (χ4v) is 2.17. The smallest absolute Gasteiger partial charge is 0.253 e. The topological polar surface area (TPSA) is 68.0 Å². The van der Waals surface area contributed by atoms with Gasteiger partial charge in [0.25, 0.3) is 5.91 Å². The van der Waals surface area contributed by atoms with Gasteiger partial charge in [0.2, 0.25) is 0 Å². The monoisotopic (exact) mass is 265 g/mol. The van der Waals surface area contributed by atoms with Gasteiger partial charge in [-0.2, -0.15) is 0 Å². The van der Waals surface area contributed by atoms with E-state index in [0.717, 1.165) is 19.3 Å². The lowest BCUT2D eigenvalue weighted by Crippen LogP contribution is -2.30. The minimum Gasteiger partial charge on any atom is -0.397 e. The van der Waals surface area contributed by atoms with E-state index in [9.17, 15) is 4.79 Å². The van der Waals surface area contributed by atoms with Crippen molar-refractivity contribution in [2.75, 3.05) is 12.3 Å². The molecule has 0 aromatic carbocycles. The fourth-order valence-electron chi connectivity index (χ4n) is 2.01. The third-order valence-electron chi connectivity index (χ3n) is 3.07. The number of amides is 1. The van der Waals surface area contributed by atoms with E-state index in [1.165, 1.54) is 12.3 Å². The Balaban J connectivity index is 1.95. The summed E-state index contributed by atoms with van der Waals surface area (Å²) < 4.78 is 0. The molecule has 1 amide bonds. The molecule has 1 heterocycles. The number of allylic oxidation sites excluding steroid dienone is 2. The van der Waals surface area contributed by atoms with E-state index < -0.39 is 0 Å². The maximum Gasteiger partial charge on any atom is 0.253 e. The number of pyridine rings is 1. The number of rotatable bonds is 3. The molecule has 1 aliphatic rings. The van der Waals surface area contributed by atoms with E-state index in [0.29, 0.717) is 23.7 Å². The summed E-state index contributed by atoms with van der Waals surface area (Å²) in [6.45, 7) is 0.669. The molecule has 1 aromatic rings. The van der Waals surface area contributed by atoms with E-state index in [1.54, 1.807) is 0 Å². The lowest BCUT2D eigenvalue weighted by molar-refractivity contribution is 0.0947. The fraction of sp³-hybridized carbons (Fsp3) is 0.385. The average Bonchev–Trinajstić information content (AvgIpc) is 2.40.